The van der Waals surface area contributed by atoms with Crippen LogP contribution in [0, 0.1) is 13.8 Å². The van der Waals surface area contributed by atoms with E-state index in [4.69, 9.17) is 5.73 Å². The fourth-order valence-corrected chi connectivity index (χ4v) is 2.32. The maximum absolute atomic E-state index is 5.75. The molecule has 3 nitrogen and oxygen atoms in total. The van der Waals surface area contributed by atoms with Crippen LogP contribution >= 0.6 is 11.3 Å². The van der Waals surface area contributed by atoms with Gasteiger partial charge in [-0.3, -0.25) is 0 Å². The summed E-state index contributed by atoms with van der Waals surface area (Å²) in [7, 11) is 0. The predicted octanol–water partition coefficient (Wildman–Crippen LogP) is 2.19. The molecule has 0 saturated heterocycles. The molecule has 0 fully saturated rings. The zero-order valence-corrected chi connectivity index (χ0v) is 9.14. The fourth-order valence-electron chi connectivity index (χ4n) is 1.43. The van der Waals surface area contributed by atoms with Crippen LogP contribution < -0.4 is 5.73 Å². The average molecular weight is 207 g/mol. The molecule has 0 aliphatic rings. The van der Waals surface area contributed by atoms with Crippen molar-refractivity contribution in [3.63, 3.8) is 0 Å². The van der Waals surface area contributed by atoms with Gasteiger partial charge in [0.1, 0.15) is 0 Å². The number of imidazole rings is 1. The Kier molecular flexibility index (Phi) is 2.29. The molecule has 2 N–H and O–H groups in total. The van der Waals surface area contributed by atoms with Gasteiger partial charge in [-0.15, -0.1) is 11.3 Å². The molecule has 0 amide bonds. The van der Waals surface area contributed by atoms with Crippen molar-refractivity contribution in [3.8, 4) is 0 Å². The van der Waals surface area contributed by atoms with Gasteiger partial charge >= 0.3 is 0 Å². The molecule has 2 heterocycles. The Morgan fingerprint density at radius 3 is 2.71 bits per heavy atom. The minimum absolute atomic E-state index is 0.591. The maximum atomic E-state index is 5.75. The lowest BCUT2D eigenvalue weighted by atomic mass is 10.4. The molecule has 0 aliphatic carbocycles. The number of thiophene rings is 1. The summed E-state index contributed by atoms with van der Waals surface area (Å²) in [6.45, 7) is 4.88. The Hall–Kier alpha value is -1.29. The molecule has 0 spiro atoms. The minimum atomic E-state index is 0.591. The van der Waals surface area contributed by atoms with Gasteiger partial charge in [0.15, 0.2) is 0 Å². The van der Waals surface area contributed by atoms with Crippen molar-refractivity contribution in [2.75, 3.05) is 5.73 Å². The standard InChI is InChI=1S/C10H13N3S/c1-7-5-13(10(11)12-7)6-9-4-3-8(2)14-9/h3-5H,6H2,1-2H3,(H2,11,12). The normalized spacial score (nSPS) is 10.7. The fraction of sp³-hybridized carbons (Fsp3) is 0.300. The Bertz CT molecular complexity index is 442. The topological polar surface area (TPSA) is 43.8 Å². The van der Waals surface area contributed by atoms with Crippen LogP contribution in [0.5, 0.6) is 0 Å². The summed E-state index contributed by atoms with van der Waals surface area (Å²) in [5, 5.41) is 0. The number of aromatic nitrogens is 2. The van der Waals surface area contributed by atoms with Crippen molar-refractivity contribution in [2.45, 2.75) is 20.4 Å². The summed E-state index contributed by atoms with van der Waals surface area (Å²) < 4.78 is 1.97. The number of anilines is 1. The third-order valence-corrected chi connectivity index (χ3v) is 3.04. The molecule has 2 aromatic rings. The monoisotopic (exact) mass is 207 g/mol. The van der Waals surface area contributed by atoms with E-state index in [0.717, 1.165) is 12.2 Å². The number of nitrogen functional groups attached to an aromatic ring is 1. The molecule has 2 aromatic heterocycles. The highest BCUT2D eigenvalue weighted by atomic mass is 32.1. The second-order valence-electron chi connectivity index (χ2n) is 3.38. The van der Waals surface area contributed by atoms with Gasteiger partial charge < -0.3 is 10.3 Å². The highest BCUT2D eigenvalue weighted by Gasteiger charge is 2.03. The van der Waals surface area contributed by atoms with E-state index in [-0.39, 0.29) is 0 Å². The third kappa shape index (κ3) is 1.80. The van der Waals surface area contributed by atoms with E-state index in [1.54, 1.807) is 11.3 Å². The molecule has 0 unspecified atom stereocenters. The van der Waals surface area contributed by atoms with Crippen molar-refractivity contribution in [1.82, 2.24) is 9.55 Å². The summed E-state index contributed by atoms with van der Waals surface area (Å²) in [5.41, 5.74) is 6.72. The molecule has 0 aliphatic heterocycles. The van der Waals surface area contributed by atoms with Gasteiger partial charge in [0.25, 0.3) is 0 Å². The minimum Gasteiger partial charge on any atom is -0.369 e. The molecule has 0 atom stereocenters. The van der Waals surface area contributed by atoms with Crippen LogP contribution in [0.3, 0.4) is 0 Å². The lowest BCUT2D eigenvalue weighted by molar-refractivity contribution is 0.823. The lowest BCUT2D eigenvalue weighted by Crippen LogP contribution is -2.01. The first-order chi connectivity index (χ1) is 6.65. The quantitative estimate of drug-likeness (QED) is 0.820. The average Bonchev–Trinajstić information content (AvgIpc) is 2.61. The zero-order valence-electron chi connectivity index (χ0n) is 8.32. The van der Waals surface area contributed by atoms with E-state index in [9.17, 15) is 0 Å². The third-order valence-electron chi connectivity index (χ3n) is 2.05. The number of aryl methyl sites for hydroxylation is 2. The second-order valence-corrected chi connectivity index (χ2v) is 4.75. The first kappa shape index (κ1) is 9.27. The highest BCUT2D eigenvalue weighted by Crippen LogP contribution is 2.17. The van der Waals surface area contributed by atoms with Crippen LogP contribution in [0.25, 0.3) is 0 Å². The summed E-state index contributed by atoms with van der Waals surface area (Å²) in [4.78, 5) is 6.80. The molecule has 0 aromatic carbocycles. The smallest absolute Gasteiger partial charge is 0.200 e. The molecular formula is C10H13N3S. The highest BCUT2D eigenvalue weighted by molar-refractivity contribution is 7.11. The Balaban J connectivity index is 2.22. The van der Waals surface area contributed by atoms with Gasteiger partial charge in [-0.25, -0.2) is 4.98 Å². The van der Waals surface area contributed by atoms with Crippen molar-refractivity contribution < 1.29 is 0 Å². The van der Waals surface area contributed by atoms with Crippen LogP contribution in [0.4, 0.5) is 5.95 Å². The van der Waals surface area contributed by atoms with E-state index >= 15 is 0 Å². The number of hydrogen-bond donors (Lipinski definition) is 1. The first-order valence-electron chi connectivity index (χ1n) is 4.50. The summed E-state index contributed by atoms with van der Waals surface area (Å²) in [6, 6.07) is 4.26. The van der Waals surface area contributed by atoms with Crippen LogP contribution in [-0.2, 0) is 6.54 Å². The largest absolute Gasteiger partial charge is 0.369 e. The van der Waals surface area contributed by atoms with E-state index in [1.807, 2.05) is 17.7 Å². The van der Waals surface area contributed by atoms with Crippen LogP contribution in [0.15, 0.2) is 18.3 Å². The Morgan fingerprint density at radius 1 is 1.43 bits per heavy atom. The predicted molar refractivity (Wildman–Crippen MR) is 59.5 cm³/mol. The van der Waals surface area contributed by atoms with Gasteiger partial charge in [0, 0.05) is 16.0 Å². The number of hydrogen-bond acceptors (Lipinski definition) is 3. The van der Waals surface area contributed by atoms with Crippen LogP contribution in [-0.4, -0.2) is 9.55 Å². The first-order valence-corrected chi connectivity index (χ1v) is 5.31. The summed E-state index contributed by atoms with van der Waals surface area (Å²) >= 11 is 1.80. The molecule has 4 heteroatoms. The maximum Gasteiger partial charge on any atom is 0.200 e. The van der Waals surface area contributed by atoms with E-state index < -0.39 is 0 Å². The number of nitrogens with two attached hydrogens (primary N) is 1. The van der Waals surface area contributed by atoms with Gasteiger partial charge in [0.2, 0.25) is 5.95 Å². The van der Waals surface area contributed by atoms with Crippen molar-refractivity contribution >= 4 is 17.3 Å². The van der Waals surface area contributed by atoms with Crippen molar-refractivity contribution in [3.05, 3.63) is 33.8 Å². The van der Waals surface area contributed by atoms with Gasteiger partial charge in [-0.2, -0.15) is 0 Å². The van der Waals surface area contributed by atoms with Gasteiger partial charge in [0.05, 0.1) is 12.2 Å². The molecule has 74 valence electrons. The SMILES string of the molecule is Cc1cn(Cc2ccc(C)s2)c(N)n1. The molecule has 2 rings (SSSR count). The lowest BCUT2D eigenvalue weighted by Gasteiger charge is -2.00. The molecule has 0 radical (unpaired) electrons. The van der Waals surface area contributed by atoms with Crippen molar-refractivity contribution in [2.24, 2.45) is 0 Å². The zero-order chi connectivity index (χ0) is 10.1. The molecule has 0 saturated carbocycles. The second kappa shape index (κ2) is 3.46. The van der Waals surface area contributed by atoms with E-state index in [0.29, 0.717) is 5.95 Å². The molecule has 14 heavy (non-hydrogen) atoms. The Labute approximate surface area is 87.2 Å². The number of rotatable bonds is 2. The Morgan fingerprint density at radius 2 is 2.21 bits per heavy atom. The number of nitrogens with zero attached hydrogens (tertiary/aromatic N) is 2. The van der Waals surface area contributed by atoms with Crippen LogP contribution in [0.2, 0.25) is 0 Å². The van der Waals surface area contributed by atoms with Crippen molar-refractivity contribution in [1.29, 1.82) is 0 Å². The van der Waals surface area contributed by atoms with Crippen LogP contribution in [0.1, 0.15) is 15.4 Å². The molecule has 0 bridgehead atoms. The van der Waals surface area contributed by atoms with Gasteiger partial charge in [-0.1, -0.05) is 0 Å². The summed E-state index contributed by atoms with van der Waals surface area (Å²) in [6.07, 6.45) is 1.98. The molecular weight excluding hydrogens is 194 g/mol. The van der Waals surface area contributed by atoms with E-state index in [1.165, 1.54) is 9.75 Å². The summed E-state index contributed by atoms with van der Waals surface area (Å²) in [5.74, 6) is 0.591. The van der Waals surface area contributed by atoms with Gasteiger partial charge in [-0.05, 0) is 26.0 Å². The van der Waals surface area contributed by atoms with E-state index in [2.05, 4.69) is 24.0 Å².